The van der Waals surface area contributed by atoms with E-state index in [0.29, 0.717) is 0 Å². The summed E-state index contributed by atoms with van der Waals surface area (Å²) in [6, 6.07) is 67.5. The summed E-state index contributed by atoms with van der Waals surface area (Å²) in [4.78, 5) is 19.5. The average molecular weight is 1110 g/mol. The normalized spacial score (nSPS) is 14.1. The lowest BCUT2D eigenvalue weighted by atomic mass is 9.86. The molecule has 0 radical (unpaired) electrons. The van der Waals surface area contributed by atoms with E-state index in [9.17, 15) is 0 Å². The highest BCUT2D eigenvalue weighted by Gasteiger charge is 2.25. The molecule has 0 aliphatic carbocycles. The zero-order chi connectivity index (χ0) is 59.7. The van der Waals surface area contributed by atoms with Crippen molar-refractivity contribution in [3.8, 4) is 0 Å². The van der Waals surface area contributed by atoms with Crippen molar-refractivity contribution in [1.29, 1.82) is 0 Å². The molecular formula is C82H72N4. The summed E-state index contributed by atoms with van der Waals surface area (Å²) in [6.45, 7) is 26.7. The van der Waals surface area contributed by atoms with E-state index < -0.39 is 0 Å². The van der Waals surface area contributed by atoms with Gasteiger partial charge in [-0.1, -0.05) is 180 Å². The van der Waals surface area contributed by atoms with Gasteiger partial charge in [-0.3, -0.25) is 0 Å². The third-order valence-electron chi connectivity index (χ3n) is 17.5. The van der Waals surface area contributed by atoms with Gasteiger partial charge in [-0.2, -0.15) is 0 Å². The molecule has 0 saturated heterocycles. The fourth-order valence-electron chi connectivity index (χ4n) is 14.4. The molecule has 2 N–H and O–H groups in total. The van der Waals surface area contributed by atoms with E-state index in [4.69, 9.17) is 9.98 Å². The predicted molar refractivity (Wildman–Crippen MR) is 362 cm³/mol. The Labute approximate surface area is 506 Å². The first kappa shape index (κ1) is 55.3. The van der Waals surface area contributed by atoms with Gasteiger partial charge >= 0.3 is 0 Å². The number of aromatic nitrogens is 2. The number of aliphatic imine (C=N–C) groups is 2. The van der Waals surface area contributed by atoms with Gasteiger partial charge in [0.05, 0.1) is 22.8 Å². The van der Waals surface area contributed by atoms with E-state index in [1.807, 2.05) is 0 Å². The minimum atomic E-state index is 0.899. The van der Waals surface area contributed by atoms with Crippen molar-refractivity contribution in [1.82, 2.24) is 9.97 Å². The van der Waals surface area contributed by atoms with E-state index in [2.05, 4.69) is 299 Å². The van der Waals surface area contributed by atoms with E-state index >= 15 is 0 Å². The zero-order valence-corrected chi connectivity index (χ0v) is 51.5. The van der Waals surface area contributed by atoms with E-state index in [1.54, 1.807) is 0 Å². The van der Waals surface area contributed by atoms with Crippen LogP contribution in [-0.4, -0.2) is 21.4 Å². The third kappa shape index (κ3) is 10.1. The standard InChI is InChI=1S/C82H72N4/c1-47-39-51(5)73(52(6)40-47)79-61-23-25-62(26-24-61)80(74-53(7)41-48(2)42-54(74)8)70-37-33-67(85-70)78(60-21-17-14-18-22-60)68-34-38-72(86-68)82(76-57(11)45-50(4)46-58(76)12)64-29-27-63(28-30-64)81(75-55(9)43-49(3)44-56(75)10)71-36-32-66(84-71)77(59-19-15-13-16-20-59)65-31-35-69(79)83-65/h13-46,83,86H,1-12H3. The number of aryl methyl sites for hydroxylation is 12. The first-order valence-corrected chi connectivity index (χ1v) is 30.1. The van der Waals surface area contributed by atoms with Crippen LogP contribution < -0.4 is 21.4 Å². The minimum Gasteiger partial charge on any atom is -0.354 e. The number of benzene rings is 8. The molecule has 12 bridgehead atoms. The van der Waals surface area contributed by atoms with E-state index in [0.717, 1.165) is 111 Å². The first-order chi connectivity index (χ1) is 41.6. The number of rotatable bonds is 6. The number of allylic oxidation sites excluding steroid dienone is 4. The van der Waals surface area contributed by atoms with Crippen LogP contribution in [0.25, 0.3) is 33.4 Å². The van der Waals surface area contributed by atoms with Gasteiger partial charge in [-0.05, 0) is 232 Å². The van der Waals surface area contributed by atoms with E-state index in [-0.39, 0.29) is 0 Å². The predicted octanol–water partition coefficient (Wildman–Crippen LogP) is 16.2. The number of aromatic amines is 2. The van der Waals surface area contributed by atoms with Crippen LogP contribution >= 0.6 is 0 Å². The zero-order valence-electron chi connectivity index (χ0n) is 51.5. The summed E-state index contributed by atoms with van der Waals surface area (Å²) in [5.74, 6) is 0. The summed E-state index contributed by atoms with van der Waals surface area (Å²) >= 11 is 0. The molecule has 0 atom stereocenters. The fraction of sp³-hybridized carbons (Fsp3) is 0.146. The van der Waals surface area contributed by atoms with Crippen molar-refractivity contribution in [3.05, 3.63) is 361 Å². The van der Waals surface area contributed by atoms with Crippen LogP contribution in [0.4, 0.5) is 0 Å². The van der Waals surface area contributed by atoms with Crippen molar-refractivity contribution >= 4 is 44.9 Å². The van der Waals surface area contributed by atoms with Crippen molar-refractivity contribution in [2.24, 2.45) is 9.98 Å². The van der Waals surface area contributed by atoms with Crippen LogP contribution in [0.15, 0.2) is 228 Å². The minimum absolute atomic E-state index is 0.899. The molecule has 16 rings (SSSR count). The van der Waals surface area contributed by atoms with Crippen molar-refractivity contribution in [2.45, 2.75) is 83.1 Å². The summed E-state index contributed by atoms with van der Waals surface area (Å²) < 4.78 is 0. The van der Waals surface area contributed by atoms with Crippen LogP contribution in [-0.2, 0) is 0 Å². The molecule has 0 amide bonds. The largest absolute Gasteiger partial charge is 0.354 e. The van der Waals surface area contributed by atoms with Crippen molar-refractivity contribution < 1.29 is 0 Å². The number of nitrogens with one attached hydrogen (secondary N) is 2. The van der Waals surface area contributed by atoms with Crippen LogP contribution in [0.3, 0.4) is 0 Å². The summed E-state index contributed by atoms with van der Waals surface area (Å²) in [6.07, 6.45) is 8.87. The number of hydrogen-bond acceptors (Lipinski definition) is 2. The molecule has 86 heavy (non-hydrogen) atoms. The molecule has 420 valence electrons. The molecule has 8 aromatic carbocycles. The van der Waals surface area contributed by atoms with Crippen LogP contribution in [0.5, 0.6) is 0 Å². The van der Waals surface area contributed by atoms with Crippen LogP contribution in [0.1, 0.15) is 122 Å². The molecule has 0 saturated carbocycles. The fourth-order valence-corrected chi connectivity index (χ4v) is 14.4. The lowest BCUT2D eigenvalue weighted by Gasteiger charge is -2.19. The van der Waals surface area contributed by atoms with E-state index in [1.165, 1.54) is 89.0 Å². The maximum absolute atomic E-state index is 5.72. The van der Waals surface area contributed by atoms with Gasteiger partial charge < -0.3 is 9.97 Å². The molecule has 0 fully saturated rings. The highest BCUT2D eigenvalue weighted by molar-refractivity contribution is 6.31. The van der Waals surface area contributed by atoms with Crippen LogP contribution in [0.2, 0.25) is 0 Å². The Morgan fingerprint density at radius 1 is 0.233 bits per heavy atom. The average Bonchev–Trinajstić information content (AvgIpc) is 3.62. The second-order valence-corrected chi connectivity index (χ2v) is 24.2. The Hall–Kier alpha value is -9.90. The quantitative estimate of drug-likeness (QED) is 0.167. The van der Waals surface area contributed by atoms with Gasteiger partial charge in [0.1, 0.15) is 0 Å². The van der Waals surface area contributed by atoms with Gasteiger partial charge in [-0.15, -0.1) is 0 Å². The molecule has 6 aliphatic rings. The highest BCUT2D eigenvalue weighted by Crippen LogP contribution is 2.40. The van der Waals surface area contributed by atoms with Crippen molar-refractivity contribution in [3.63, 3.8) is 0 Å². The second-order valence-electron chi connectivity index (χ2n) is 24.2. The SMILES string of the molecule is Cc1cc(C)c(C2=C3C=CC(=N3)C(c3ccccc3)=c3ccc([nH]3)=C(c3c(C)cc(C)cc3C)c3ccc(cc3)C(c3c(C)cc(C)cc3C)=C3C=CC(=N3)C(c3ccccc3)=c3ccc([nH]3)=C(c3c(C)cc(C)cc3C)c3ccc2cc3)c(C)c1. The van der Waals surface area contributed by atoms with Gasteiger partial charge in [0.2, 0.25) is 0 Å². The Morgan fingerprint density at radius 3 is 0.744 bits per heavy atom. The number of nitrogens with zero attached hydrogens (tertiary/aromatic N) is 2. The molecule has 4 nitrogen and oxygen atoms in total. The summed E-state index contributed by atoms with van der Waals surface area (Å²) in [5, 5.41) is 4.04. The summed E-state index contributed by atoms with van der Waals surface area (Å²) in [5.41, 5.74) is 36.4. The third-order valence-corrected chi connectivity index (χ3v) is 17.5. The molecule has 10 aromatic rings. The first-order valence-electron chi connectivity index (χ1n) is 30.1. The smallest absolute Gasteiger partial charge is 0.0737 e. The highest BCUT2D eigenvalue weighted by atomic mass is 14.8. The van der Waals surface area contributed by atoms with Crippen LogP contribution in [0, 0.1) is 83.1 Å². The van der Waals surface area contributed by atoms with Gasteiger partial charge in [-0.25, -0.2) is 9.98 Å². The molecular weight excluding hydrogens is 1040 g/mol. The van der Waals surface area contributed by atoms with Crippen molar-refractivity contribution in [2.75, 3.05) is 0 Å². The molecule has 0 unspecified atom stereocenters. The van der Waals surface area contributed by atoms with Gasteiger partial charge in [0, 0.05) is 54.8 Å². The Bertz CT molecular complexity index is 4520. The number of H-pyrrole nitrogens is 2. The lowest BCUT2D eigenvalue weighted by molar-refractivity contribution is 1.22. The van der Waals surface area contributed by atoms with Gasteiger partial charge in [0.15, 0.2) is 0 Å². The Balaban J connectivity index is 1.17. The molecule has 8 heterocycles. The second kappa shape index (κ2) is 22.3. The summed E-state index contributed by atoms with van der Waals surface area (Å²) in [7, 11) is 0. The van der Waals surface area contributed by atoms with Gasteiger partial charge in [0.25, 0.3) is 0 Å². The topological polar surface area (TPSA) is 56.3 Å². The Morgan fingerprint density at radius 2 is 0.465 bits per heavy atom. The monoisotopic (exact) mass is 1110 g/mol. The lowest BCUT2D eigenvalue weighted by Crippen LogP contribution is -2.20. The molecule has 4 heteroatoms. The molecule has 2 aromatic heterocycles. The Kier molecular flexibility index (Phi) is 14.3. The maximum Gasteiger partial charge on any atom is 0.0737 e. The molecule has 6 aliphatic heterocycles. The molecule has 0 spiro atoms. The number of hydrogen-bond donors (Lipinski definition) is 2. The maximum atomic E-state index is 5.72.